The van der Waals surface area contributed by atoms with Crippen LogP contribution >= 0.6 is 0 Å². The summed E-state index contributed by atoms with van der Waals surface area (Å²) in [5, 5.41) is 7.11. The van der Waals surface area contributed by atoms with Gasteiger partial charge in [0.2, 0.25) is 0 Å². The minimum absolute atomic E-state index is 0.306. The van der Waals surface area contributed by atoms with Crippen LogP contribution in [0, 0.1) is 0 Å². The summed E-state index contributed by atoms with van der Waals surface area (Å²) in [7, 11) is 0. The first-order valence-electron chi connectivity index (χ1n) is 4.59. The second-order valence-electron chi connectivity index (χ2n) is 3.14. The summed E-state index contributed by atoms with van der Waals surface area (Å²) in [5.41, 5.74) is 1.41. The maximum atomic E-state index is 11.5. The number of azo groups is 1. The number of carbonyl (C=O) groups excluding carboxylic acids is 1. The van der Waals surface area contributed by atoms with Gasteiger partial charge in [0.05, 0.1) is 5.69 Å². The Balaban J connectivity index is 2.25. The van der Waals surface area contributed by atoms with Crippen LogP contribution in [0.15, 0.2) is 41.0 Å². The fourth-order valence-corrected chi connectivity index (χ4v) is 1.49. The van der Waals surface area contributed by atoms with Crippen molar-refractivity contribution in [2.24, 2.45) is 10.2 Å². The molecular weight excluding hydrogens is 206 g/mol. The molecule has 1 amide bonds. The van der Waals surface area contributed by atoms with Crippen LogP contribution in [0.3, 0.4) is 0 Å². The molecule has 6 nitrogen and oxygen atoms in total. The zero-order chi connectivity index (χ0) is 11.0. The van der Waals surface area contributed by atoms with E-state index in [0.717, 1.165) is 0 Å². The molecule has 0 fully saturated rings. The van der Waals surface area contributed by atoms with Crippen LogP contribution < -0.4 is 0 Å². The molecule has 0 unspecified atom stereocenters. The third-order valence-corrected chi connectivity index (χ3v) is 2.18. The minimum Gasteiger partial charge on any atom is -0.265 e. The second kappa shape index (κ2) is 3.27. The van der Waals surface area contributed by atoms with Gasteiger partial charge < -0.3 is 0 Å². The van der Waals surface area contributed by atoms with Gasteiger partial charge in [-0.3, -0.25) is 9.78 Å². The van der Waals surface area contributed by atoms with Gasteiger partial charge in [0.25, 0.3) is 0 Å². The van der Waals surface area contributed by atoms with Gasteiger partial charge in [-0.2, -0.15) is 0 Å². The highest BCUT2D eigenvalue weighted by molar-refractivity contribution is 6.05. The molecule has 0 saturated heterocycles. The van der Waals surface area contributed by atoms with Gasteiger partial charge >= 0.3 is 5.91 Å². The van der Waals surface area contributed by atoms with E-state index in [4.69, 9.17) is 0 Å². The van der Waals surface area contributed by atoms with Gasteiger partial charge in [-0.15, -0.1) is 10.2 Å². The van der Waals surface area contributed by atoms with Gasteiger partial charge in [0, 0.05) is 6.20 Å². The average molecular weight is 211 g/mol. The third kappa shape index (κ3) is 1.20. The van der Waals surface area contributed by atoms with Crippen molar-refractivity contribution in [2.45, 2.75) is 0 Å². The molecular formula is C10H5N5O. The molecule has 2 aromatic rings. The van der Waals surface area contributed by atoms with Crippen molar-refractivity contribution < 1.29 is 4.79 Å². The summed E-state index contributed by atoms with van der Waals surface area (Å²) in [4.78, 5) is 23.6. The number of fused-ring (bicyclic) bond motifs is 1. The molecule has 0 saturated carbocycles. The molecule has 0 atom stereocenters. The summed E-state index contributed by atoms with van der Waals surface area (Å²) in [6, 6.07) is 5.39. The molecule has 1 aliphatic heterocycles. The Morgan fingerprint density at radius 3 is 2.75 bits per heavy atom. The van der Waals surface area contributed by atoms with Crippen molar-refractivity contribution in [3.05, 3.63) is 36.3 Å². The number of rotatable bonds is 1. The van der Waals surface area contributed by atoms with E-state index in [9.17, 15) is 4.79 Å². The molecule has 0 N–H and O–H groups in total. The zero-order valence-corrected chi connectivity index (χ0v) is 8.03. The topological polar surface area (TPSA) is 80.5 Å². The van der Waals surface area contributed by atoms with Gasteiger partial charge in [0.15, 0.2) is 5.82 Å². The highest BCUT2D eigenvalue weighted by atomic mass is 16.2. The molecule has 3 rings (SSSR count). The summed E-state index contributed by atoms with van der Waals surface area (Å²) < 4.78 is 0. The number of nitrogens with zero attached hydrogens (tertiary/aromatic N) is 5. The lowest BCUT2D eigenvalue weighted by atomic mass is 10.1. The van der Waals surface area contributed by atoms with E-state index >= 15 is 0 Å². The lowest BCUT2D eigenvalue weighted by Crippen LogP contribution is -1.99. The van der Waals surface area contributed by atoms with Crippen LogP contribution in [0.25, 0.3) is 11.4 Å². The molecule has 0 aliphatic carbocycles. The number of amides is 1. The standard InChI is InChI=1S/C10H5N5O/c16-10-7-8(6-3-1-2-4-11-6)12-5-13-9(7)14-15-10/h1-5H. The lowest BCUT2D eigenvalue weighted by Gasteiger charge is -2.01. The van der Waals surface area contributed by atoms with Crippen LogP contribution in [-0.2, 0) is 0 Å². The highest BCUT2D eigenvalue weighted by Crippen LogP contribution is 2.30. The van der Waals surface area contributed by atoms with Crippen LogP contribution in [0.4, 0.5) is 5.82 Å². The molecule has 0 bridgehead atoms. The fourth-order valence-electron chi connectivity index (χ4n) is 1.49. The average Bonchev–Trinajstić information content (AvgIpc) is 2.73. The number of aromatic nitrogens is 3. The van der Waals surface area contributed by atoms with E-state index in [1.165, 1.54) is 6.33 Å². The molecule has 76 valence electrons. The molecule has 0 spiro atoms. The van der Waals surface area contributed by atoms with E-state index in [2.05, 4.69) is 25.2 Å². The van der Waals surface area contributed by atoms with E-state index in [1.807, 2.05) is 6.07 Å². The summed E-state index contributed by atoms with van der Waals surface area (Å²) in [5.74, 6) is -0.114. The van der Waals surface area contributed by atoms with Crippen molar-refractivity contribution in [2.75, 3.05) is 0 Å². The molecule has 0 radical (unpaired) electrons. The molecule has 6 heteroatoms. The molecule has 0 aromatic carbocycles. The number of hydrogen-bond donors (Lipinski definition) is 0. The van der Waals surface area contributed by atoms with Gasteiger partial charge in [-0.25, -0.2) is 9.97 Å². The minimum atomic E-state index is -0.420. The largest absolute Gasteiger partial charge is 0.301 e. The van der Waals surface area contributed by atoms with E-state index in [1.54, 1.807) is 18.3 Å². The number of carbonyl (C=O) groups is 1. The first kappa shape index (κ1) is 8.78. The number of hydrogen-bond acceptors (Lipinski definition) is 5. The predicted molar refractivity (Wildman–Crippen MR) is 54.1 cm³/mol. The van der Waals surface area contributed by atoms with Crippen molar-refractivity contribution in [3.8, 4) is 11.4 Å². The summed E-state index contributed by atoms with van der Waals surface area (Å²) in [6.07, 6.45) is 2.98. The van der Waals surface area contributed by atoms with Crippen LogP contribution in [-0.4, -0.2) is 20.9 Å². The molecule has 2 aromatic heterocycles. The van der Waals surface area contributed by atoms with Crippen molar-refractivity contribution >= 4 is 11.7 Å². The predicted octanol–water partition coefficient (Wildman–Crippen LogP) is 1.78. The fraction of sp³-hybridized carbons (Fsp3) is 0. The first-order valence-corrected chi connectivity index (χ1v) is 4.59. The Labute approximate surface area is 90.1 Å². The SMILES string of the molecule is O=C1N=Nc2ncnc(-c3ccccn3)c21. The monoisotopic (exact) mass is 211 g/mol. The highest BCUT2D eigenvalue weighted by Gasteiger charge is 2.24. The Morgan fingerprint density at radius 1 is 1.00 bits per heavy atom. The molecule has 3 heterocycles. The normalized spacial score (nSPS) is 12.9. The van der Waals surface area contributed by atoms with Crippen molar-refractivity contribution in [1.29, 1.82) is 0 Å². The van der Waals surface area contributed by atoms with Crippen LogP contribution in [0.5, 0.6) is 0 Å². The van der Waals surface area contributed by atoms with Crippen LogP contribution in [0.2, 0.25) is 0 Å². The third-order valence-electron chi connectivity index (χ3n) is 2.18. The Bertz CT molecular complexity index is 593. The summed E-state index contributed by atoms with van der Waals surface area (Å²) >= 11 is 0. The van der Waals surface area contributed by atoms with Gasteiger partial charge in [0.1, 0.15) is 17.6 Å². The van der Waals surface area contributed by atoms with E-state index in [-0.39, 0.29) is 0 Å². The first-order chi connectivity index (χ1) is 7.86. The molecule has 16 heavy (non-hydrogen) atoms. The number of pyridine rings is 1. The van der Waals surface area contributed by atoms with Crippen LogP contribution in [0.1, 0.15) is 10.4 Å². The Hall–Kier alpha value is -2.50. The molecule has 1 aliphatic rings. The van der Waals surface area contributed by atoms with Crippen molar-refractivity contribution in [3.63, 3.8) is 0 Å². The van der Waals surface area contributed by atoms with E-state index < -0.39 is 5.91 Å². The smallest absolute Gasteiger partial charge is 0.265 e. The zero-order valence-electron chi connectivity index (χ0n) is 8.03. The lowest BCUT2D eigenvalue weighted by molar-refractivity contribution is 0.100. The maximum Gasteiger partial charge on any atom is 0.301 e. The van der Waals surface area contributed by atoms with Crippen molar-refractivity contribution in [1.82, 2.24) is 15.0 Å². The van der Waals surface area contributed by atoms with E-state index in [0.29, 0.717) is 22.8 Å². The summed E-state index contributed by atoms with van der Waals surface area (Å²) in [6.45, 7) is 0. The second-order valence-corrected chi connectivity index (χ2v) is 3.14. The maximum absolute atomic E-state index is 11.5. The quantitative estimate of drug-likeness (QED) is 0.719. The van der Waals surface area contributed by atoms with Gasteiger partial charge in [-0.05, 0) is 12.1 Å². The van der Waals surface area contributed by atoms with Gasteiger partial charge in [-0.1, -0.05) is 6.07 Å². The Morgan fingerprint density at radius 2 is 1.94 bits per heavy atom. The Kier molecular flexibility index (Phi) is 1.79.